The number of aliphatic carboxylic acids is 1. The van der Waals surface area contributed by atoms with Gasteiger partial charge in [0.15, 0.2) is 0 Å². The van der Waals surface area contributed by atoms with Crippen LogP contribution in [-0.4, -0.2) is 31.9 Å². The van der Waals surface area contributed by atoms with Gasteiger partial charge in [-0.25, -0.2) is 14.8 Å². The van der Waals surface area contributed by atoms with Gasteiger partial charge in [-0.15, -0.1) is 0 Å². The molecule has 29 heavy (non-hydrogen) atoms. The summed E-state index contributed by atoms with van der Waals surface area (Å²) >= 11 is 0. The molecule has 3 N–H and O–H groups in total. The SMILES string of the molecule is O=C(Cc1ncco1)Nc1cnc2[nH]cc(/C=C(/C(=O)O)c3ccccc3)c2c1. The number of carboxylic acid groups (broad SMARTS) is 1. The van der Waals surface area contributed by atoms with Crippen LogP contribution in [0.4, 0.5) is 5.69 Å². The minimum Gasteiger partial charge on any atom is -0.478 e. The van der Waals surface area contributed by atoms with Crippen molar-refractivity contribution >= 4 is 40.2 Å². The van der Waals surface area contributed by atoms with Crippen LogP contribution in [0.3, 0.4) is 0 Å². The molecule has 4 aromatic rings. The maximum Gasteiger partial charge on any atom is 0.336 e. The third kappa shape index (κ3) is 4.06. The van der Waals surface area contributed by atoms with Crippen LogP contribution in [0.2, 0.25) is 0 Å². The van der Waals surface area contributed by atoms with Gasteiger partial charge in [0.1, 0.15) is 18.3 Å². The summed E-state index contributed by atoms with van der Waals surface area (Å²) in [5, 5.41) is 13.1. The first kappa shape index (κ1) is 18.2. The zero-order valence-electron chi connectivity index (χ0n) is 15.1. The zero-order valence-corrected chi connectivity index (χ0v) is 15.1. The number of aromatic amines is 1. The number of fused-ring (bicyclic) bond motifs is 1. The zero-order chi connectivity index (χ0) is 20.2. The van der Waals surface area contributed by atoms with E-state index in [4.69, 9.17) is 4.42 Å². The maximum absolute atomic E-state index is 12.2. The van der Waals surface area contributed by atoms with Gasteiger partial charge in [-0.1, -0.05) is 30.3 Å². The van der Waals surface area contributed by atoms with E-state index < -0.39 is 5.97 Å². The van der Waals surface area contributed by atoms with Crippen LogP contribution in [0.15, 0.2) is 65.7 Å². The maximum atomic E-state index is 12.2. The van der Waals surface area contributed by atoms with Gasteiger partial charge in [0.2, 0.25) is 11.8 Å². The molecule has 8 nitrogen and oxygen atoms in total. The Morgan fingerprint density at radius 2 is 2.03 bits per heavy atom. The molecule has 0 aliphatic carbocycles. The number of aromatic nitrogens is 3. The molecule has 0 spiro atoms. The van der Waals surface area contributed by atoms with Crippen LogP contribution in [0.25, 0.3) is 22.7 Å². The fourth-order valence-corrected chi connectivity index (χ4v) is 2.94. The number of H-pyrrole nitrogens is 1. The van der Waals surface area contributed by atoms with Gasteiger partial charge in [0.25, 0.3) is 0 Å². The lowest BCUT2D eigenvalue weighted by Gasteiger charge is -2.05. The van der Waals surface area contributed by atoms with Crippen LogP contribution in [0, 0.1) is 0 Å². The Labute approximate surface area is 164 Å². The number of nitrogens with one attached hydrogen (secondary N) is 2. The van der Waals surface area contributed by atoms with Crippen molar-refractivity contribution in [2.24, 2.45) is 0 Å². The van der Waals surface area contributed by atoms with E-state index in [0.29, 0.717) is 33.7 Å². The summed E-state index contributed by atoms with van der Waals surface area (Å²) < 4.78 is 5.07. The Morgan fingerprint density at radius 3 is 2.76 bits per heavy atom. The molecule has 0 fully saturated rings. The predicted molar refractivity (Wildman–Crippen MR) is 107 cm³/mol. The number of benzene rings is 1. The summed E-state index contributed by atoms with van der Waals surface area (Å²) in [7, 11) is 0. The number of carbonyl (C=O) groups is 2. The number of anilines is 1. The molecule has 0 saturated heterocycles. The number of hydrogen-bond donors (Lipinski definition) is 3. The van der Waals surface area contributed by atoms with E-state index in [2.05, 4.69) is 20.3 Å². The van der Waals surface area contributed by atoms with Crippen molar-refractivity contribution in [1.29, 1.82) is 0 Å². The Morgan fingerprint density at radius 1 is 1.21 bits per heavy atom. The Kier molecular flexibility index (Phi) is 4.90. The average molecular weight is 388 g/mol. The lowest BCUT2D eigenvalue weighted by molar-refractivity contribution is -0.130. The van der Waals surface area contributed by atoms with Crippen molar-refractivity contribution in [3.8, 4) is 0 Å². The first-order valence-electron chi connectivity index (χ1n) is 8.76. The van der Waals surface area contributed by atoms with Crippen LogP contribution >= 0.6 is 0 Å². The predicted octanol–water partition coefficient (Wildman–Crippen LogP) is 3.36. The van der Waals surface area contributed by atoms with Crippen molar-refractivity contribution < 1.29 is 19.1 Å². The van der Waals surface area contributed by atoms with E-state index in [-0.39, 0.29) is 17.9 Å². The van der Waals surface area contributed by atoms with Gasteiger partial charge in [-0.2, -0.15) is 0 Å². The monoisotopic (exact) mass is 388 g/mol. The average Bonchev–Trinajstić information content (AvgIpc) is 3.36. The third-order valence-corrected chi connectivity index (χ3v) is 4.26. The van der Waals surface area contributed by atoms with Crippen LogP contribution in [-0.2, 0) is 16.0 Å². The largest absolute Gasteiger partial charge is 0.478 e. The molecule has 4 rings (SSSR count). The molecule has 0 radical (unpaired) electrons. The van der Waals surface area contributed by atoms with Crippen molar-refractivity contribution in [2.75, 3.05) is 5.32 Å². The van der Waals surface area contributed by atoms with Crippen molar-refractivity contribution in [1.82, 2.24) is 15.0 Å². The topological polar surface area (TPSA) is 121 Å². The summed E-state index contributed by atoms with van der Waals surface area (Å²) in [6.45, 7) is 0. The number of rotatable bonds is 6. The number of nitrogens with zero attached hydrogens (tertiary/aromatic N) is 2. The molecule has 1 aromatic carbocycles. The normalized spacial score (nSPS) is 11.5. The van der Waals surface area contributed by atoms with Crippen LogP contribution in [0.1, 0.15) is 17.0 Å². The number of hydrogen-bond acceptors (Lipinski definition) is 5. The minimum atomic E-state index is -1.03. The molecular weight excluding hydrogens is 372 g/mol. The Balaban J connectivity index is 1.64. The molecule has 8 heteroatoms. The fourth-order valence-electron chi connectivity index (χ4n) is 2.94. The molecule has 0 atom stereocenters. The van der Waals surface area contributed by atoms with Gasteiger partial charge >= 0.3 is 5.97 Å². The van der Waals surface area contributed by atoms with E-state index in [1.165, 1.54) is 18.7 Å². The van der Waals surface area contributed by atoms with Crippen molar-refractivity contribution in [3.63, 3.8) is 0 Å². The first-order chi connectivity index (χ1) is 14.1. The quantitative estimate of drug-likeness (QED) is 0.436. The minimum absolute atomic E-state index is 0.00209. The fraction of sp³-hybridized carbons (Fsp3) is 0.0476. The highest BCUT2D eigenvalue weighted by atomic mass is 16.4. The summed E-state index contributed by atoms with van der Waals surface area (Å²) in [5.41, 5.74) is 2.47. The van der Waals surface area contributed by atoms with Crippen LogP contribution in [0.5, 0.6) is 0 Å². The molecule has 0 saturated carbocycles. The molecular formula is C21H16N4O4. The highest BCUT2D eigenvalue weighted by molar-refractivity contribution is 6.21. The van der Waals surface area contributed by atoms with Crippen molar-refractivity contribution in [2.45, 2.75) is 6.42 Å². The summed E-state index contributed by atoms with van der Waals surface area (Å²) in [6.07, 6.45) is 7.67. The third-order valence-electron chi connectivity index (χ3n) is 4.26. The molecule has 0 unspecified atom stereocenters. The summed E-state index contributed by atoms with van der Waals surface area (Å²) in [6, 6.07) is 10.6. The van der Waals surface area contributed by atoms with Gasteiger partial charge in [-0.3, -0.25) is 4.79 Å². The summed E-state index contributed by atoms with van der Waals surface area (Å²) in [5.74, 6) is -1.01. The lowest BCUT2D eigenvalue weighted by atomic mass is 10.0. The number of carbonyl (C=O) groups excluding carboxylic acids is 1. The number of carboxylic acids is 1. The van der Waals surface area contributed by atoms with Crippen molar-refractivity contribution in [3.05, 3.63) is 78.3 Å². The van der Waals surface area contributed by atoms with Crippen LogP contribution < -0.4 is 5.32 Å². The molecule has 3 aromatic heterocycles. The molecule has 144 valence electrons. The van der Waals surface area contributed by atoms with E-state index in [1.54, 1.807) is 42.6 Å². The molecule has 0 aliphatic heterocycles. The van der Waals surface area contributed by atoms with E-state index in [9.17, 15) is 14.7 Å². The standard InChI is InChI=1S/C21H16N4O4/c26-18(10-19-22-6-7-29-19)25-15-9-16-14(11-23-20(16)24-12-15)8-17(21(27)28)13-4-2-1-3-5-13/h1-9,11-12H,10H2,(H,23,24)(H,25,26)(H,27,28)/b17-8+. The second-order valence-electron chi connectivity index (χ2n) is 6.24. The Hall–Kier alpha value is -4.20. The lowest BCUT2D eigenvalue weighted by Crippen LogP contribution is -2.14. The number of amides is 1. The smallest absolute Gasteiger partial charge is 0.336 e. The van der Waals surface area contributed by atoms with E-state index >= 15 is 0 Å². The van der Waals surface area contributed by atoms with Gasteiger partial charge in [0.05, 0.1) is 23.7 Å². The second kappa shape index (κ2) is 7.81. The van der Waals surface area contributed by atoms with E-state index in [1.807, 2.05) is 6.07 Å². The summed E-state index contributed by atoms with van der Waals surface area (Å²) in [4.78, 5) is 35.1. The van der Waals surface area contributed by atoms with E-state index in [0.717, 1.165) is 0 Å². The van der Waals surface area contributed by atoms with Gasteiger partial charge in [0, 0.05) is 17.1 Å². The molecule has 0 bridgehead atoms. The first-order valence-corrected chi connectivity index (χ1v) is 8.76. The highest BCUT2D eigenvalue weighted by Gasteiger charge is 2.13. The Bertz CT molecular complexity index is 1190. The van der Waals surface area contributed by atoms with Gasteiger partial charge in [-0.05, 0) is 17.7 Å². The molecule has 0 aliphatic rings. The number of oxazole rings is 1. The molecule has 3 heterocycles. The highest BCUT2D eigenvalue weighted by Crippen LogP contribution is 2.25. The molecule has 1 amide bonds. The second-order valence-corrected chi connectivity index (χ2v) is 6.24. The number of pyridine rings is 1. The van der Waals surface area contributed by atoms with Gasteiger partial charge < -0.3 is 19.8 Å².